The summed E-state index contributed by atoms with van der Waals surface area (Å²) >= 11 is 0. The van der Waals surface area contributed by atoms with Crippen molar-refractivity contribution in [3.8, 4) is 0 Å². The number of rotatable bonds is 2. The van der Waals surface area contributed by atoms with E-state index in [-0.39, 0.29) is 0 Å². The summed E-state index contributed by atoms with van der Waals surface area (Å²) < 4.78 is 0. The van der Waals surface area contributed by atoms with Gasteiger partial charge in [-0.05, 0) is 48.8 Å². The van der Waals surface area contributed by atoms with Crippen LogP contribution in [-0.4, -0.2) is 17.7 Å². The fourth-order valence-corrected chi connectivity index (χ4v) is 3.49. The molecule has 0 aromatic heterocycles. The van der Waals surface area contributed by atoms with Gasteiger partial charge >= 0.3 is 0 Å². The van der Waals surface area contributed by atoms with Crippen molar-refractivity contribution in [3.05, 3.63) is 36.1 Å². The molecule has 2 N–H and O–H groups in total. The molecule has 2 atom stereocenters. The number of nitrogens with one attached hydrogen (secondary N) is 1. The summed E-state index contributed by atoms with van der Waals surface area (Å²) in [5.74, 6) is 0.321. The molecule has 2 rings (SSSR count). The SMILES string of the molecule is C=C/C=C(O)\C=C1\C[C@H]2NCC[C@@](C)(C1)C2(C)C. The van der Waals surface area contributed by atoms with Crippen LogP contribution in [0.1, 0.15) is 40.0 Å². The summed E-state index contributed by atoms with van der Waals surface area (Å²) in [6.07, 6.45) is 8.54. The molecule has 2 aliphatic rings. The molecule has 0 aromatic carbocycles. The number of aliphatic hydroxyl groups excluding tert-OH is 1. The Hall–Kier alpha value is -1.02. The fourth-order valence-electron chi connectivity index (χ4n) is 3.49. The number of hydrogen-bond acceptors (Lipinski definition) is 2. The normalized spacial score (nSPS) is 37.6. The third kappa shape index (κ3) is 2.14. The first-order valence-electron chi connectivity index (χ1n) is 6.83. The van der Waals surface area contributed by atoms with Gasteiger partial charge in [-0.3, -0.25) is 0 Å². The van der Waals surface area contributed by atoms with Crippen molar-refractivity contribution >= 4 is 0 Å². The van der Waals surface area contributed by atoms with Crippen LogP contribution < -0.4 is 5.32 Å². The Balaban J connectivity index is 2.27. The van der Waals surface area contributed by atoms with Crippen molar-refractivity contribution in [2.24, 2.45) is 10.8 Å². The summed E-state index contributed by atoms with van der Waals surface area (Å²) in [7, 11) is 0. The van der Waals surface area contributed by atoms with Crippen LogP contribution in [0.5, 0.6) is 0 Å². The number of aliphatic hydroxyl groups is 1. The molecule has 1 heterocycles. The van der Waals surface area contributed by atoms with Crippen LogP contribution in [0.25, 0.3) is 0 Å². The molecule has 2 heteroatoms. The number of piperidine rings is 1. The van der Waals surface area contributed by atoms with E-state index in [2.05, 4.69) is 32.7 Å². The smallest absolute Gasteiger partial charge is 0.115 e. The van der Waals surface area contributed by atoms with Gasteiger partial charge in [-0.2, -0.15) is 0 Å². The second-order valence-electron chi connectivity index (χ2n) is 6.55. The third-order valence-electron chi connectivity index (χ3n) is 5.22. The van der Waals surface area contributed by atoms with E-state index in [1.807, 2.05) is 6.08 Å². The molecule has 100 valence electrons. The Morgan fingerprint density at radius 3 is 2.78 bits per heavy atom. The minimum absolute atomic E-state index is 0.320. The van der Waals surface area contributed by atoms with E-state index in [0.717, 1.165) is 19.4 Å². The van der Waals surface area contributed by atoms with Crippen molar-refractivity contribution in [2.75, 3.05) is 6.54 Å². The lowest BCUT2D eigenvalue weighted by Gasteiger charge is -2.57. The number of fused-ring (bicyclic) bond motifs is 2. The van der Waals surface area contributed by atoms with Crippen LogP contribution >= 0.6 is 0 Å². The van der Waals surface area contributed by atoms with E-state index < -0.39 is 0 Å². The predicted octanol–water partition coefficient (Wildman–Crippen LogP) is 3.73. The molecule has 0 aromatic rings. The zero-order valence-corrected chi connectivity index (χ0v) is 11.8. The Kier molecular flexibility index (Phi) is 3.41. The lowest BCUT2D eigenvalue weighted by molar-refractivity contribution is -0.0160. The van der Waals surface area contributed by atoms with Crippen molar-refractivity contribution in [1.82, 2.24) is 5.32 Å². The van der Waals surface area contributed by atoms with Gasteiger partial charge in [0, 0.05) is 6.04 Å². The van der Waals surface area contributed by atoms with Gasteiger partial charge in [-0.1, -0.05) is 39.0 Å². The van der Waals surface area contributed by atoms with E-state index in [4.69, 9.17) is 0 Å². The molecule has 0 spiro atoms. The molecule has 18 heavy (non-hydrogen) atoms. The average molecular weight is 247 g/mol. The first-order chi connectivity index (χ1) is 8.39. The van der Waals surface area contributed by atoms with Crippen LogP contribution in [0.3, 0.4) is 0 Å². The van der Waals surface area contributed by atoms with Crippen LogP contribution in [-0.2, 0) is 0 Å². The van der Waals surface area contributed by atoms with Crippen molar-refractivity contribution in [3.63, 3.8) is 0 Å². The first-order valence-corrected chi connectivity index (χ1v) is 6.83. The molecule has 1 aliphatic heterocycles. The van der Waals surface area contributed by atoms with Gasteiger partial charge in [0.05, 0.1) is 0 Å². The Bertz CT molecular complexity index is 405. The summed E-state index contributed by atoms with van der Waals surface area (Å²) in [5.41, 5.74) is 2.01. The maximum absolute atomic E-state index is 9.77. The summed E-state index contributed by atoms with van der Waals surface area (Å²) in [6.45, 7) is 11.9. The predicted molar refractivity (Wildman–Crippen MR) is 76.5 cm³/mol. The second-order valence-corrected chi connectivity index (χ2v) is 6.55. The molecule has 1 aliphatic carbocycles. The molecule has 1 saturated carbocycles. The van der Waals surface area contributed by atoms with Gasteiger partial charge in [-0.15, -0.1) is 0 Å². The van der Waals surface area contributed by atoms with Crippen LogP contribution in [0.4, 0.5) is 0 Å². The molecule has 0 unspecified atom stereocenters. The highest BCUT2D eigenvalue weighted by molar-refractivity contribution is 5.27. The molecular formula is C16H25NO. The Labute approximate surface area is 110 Å². The first kappa shape index (κ1) is 13.4. The van der Waals surface area contributed by atoms with E-state index >= 15 is 0 Å². The van der Waals surface area contributed by atoms with Gasteiger partial charge < -0.3 is 10.4 Å². The van der Waals surface area contributed by atoms with Crippen molar-refractivity contribution < 1.29 is 5.11 Å². The van der Waals surface area contributed by atoms with E-state index in [9.17, 15) is 5.11 Å². The van der Waals surface area contributed by atoms with E-state index in [1.165, 1.54) is 12.0 Å². The second kappa shape index (κ2) is 4.58. The van der Waals surface area contributed by atoms with Crippen LogP contribution in [0.15, 0.2) is 36.1 Å². The molecule has 1 saturated heterocycles. The quantitative estimate of drug-likeness (QED) is 0.575. The maximum Gasteiger partial charge on any atom is 0.115 e. The van der Waals surface area contributed by atoms with Crippen LogP contribution in [0.2, 0.25) is 0 Å². The molecular weight excluding hydrogens is 222 g/mol. The molecule has 0 radical (unpaired) electrons. The fraction of sp³-hybridized carbons (Fsp3) is 0.625. The lowest BCUT2D eigenvalue weighted by atomic mass is 9.52. The highest BCUT2D eigenvalue weighted by Crippen LogP contribution is 2.55. The highest BCUT2D eigenvalue weighted by Gasteiger charge is 2.51. The number of hydrogen-bond donors (Lipinski definition) is 2. The zero-order valence-electron chi connectivity index (χ0n) is 11.8. The third-order valence-corrected chi connectivity index (χ3v) is 5.22. The van der Waals surface area contributed by atoms with E-state index in [0.29, 0.717) is 22.6 Å². The van der Waals surface area contributed by atoms with Gasteiger partial charge in [0.15, 0.2) is 0 Å². The maximum atomic E-state index is 9.77. The zero-order chi connectivity index (χ0) is 13.4. The minimum Gasteiger partial charge on any atom is -0.508 e. The average Bonchev–Trinajstić information content (AvgIpc) is 2.22. The van der Waals surface area contributed by atoms with Gasteiger partial charge in [0.1, 0.15) is 5.76 Å². The van der Waals surface area contributed by atoms with Gasteiger partial charge in [0.2, 0.25) is 0 Å². The Morgan fingerprint density at radius 2 is 2.17 bits per heavy atom. The largest absolute Gasteiger partial charge is 0.508 e. The van der Waals surface area contributed by atoms with Gasteiger partial charge in [-0.25, -0.2) is 0 Å². The standard InChI is InChI=1S/C16H25NO/c1-5-6-13(18)9-12-10-14-15(2,3)16(4,11-12)7-8-17-14/h5-6,9,14,17-18H,1,7-8,10-11H2,2-4H3/b12-9-,13-6+/t14-,16+/m1/s1. The van der Waals surface area contributed by atoms with Gasteiger partial charge in [0.25, 0.3) is 0 Å². The Morgan fingerprint density at radius 1 is 1.44 bits per heavy atom. The molecule has 2 fully saturated rings. The molecule has 0 amide bonds. The highest BCUT2D eigenvalue weighted by atomic mass is 16.3. The lowest BCUT2D eigenvalue weighted by Crippen LogP contribution is -2.59. The van der Waals surface area contributed by atoms with Crippen LogP contribution in [0, 0.1) is 10.8 Å². The minimum atomic E-state index is 0.320. The number of allylic oxidation sites excluding steroid dienone is 3. The topological polar surface area (TPSA) is 32.3 Å². The molecule has 2 bridgehead atoms. The monoisotopic (exact) mass is 247 g/mol. The summed E-state index contributed by atoms with van der Waals surface area (Å²) in [5, 5.41) is 13.4. The summed E-state index contributed by atoms with van der Waals surface area (Å²) in [4.78, 5) is 0. The molecule has 2 nitrogen and oxygen atoms in total. The summed E-state index contributed by atoms with van der Waals surface area (Å²) in [6, 6.07) is 0.521. The van der Waals surface area contributed by atoms with E-state index in [1.54, 1.807) is 12.2 Å². The van der Waals surface area contributed by atoms with Crippen molar-refractivity contribution in [2.45, 2.75) is 46.1 Å². The van der Waals surface area contributed by atoms with Crippen molar-refractivity contribution in [1.29, 1.82) is 0 Å².